The number of aliphatic hydroxyl groups is 1. The van der Waals surface area contributed by atoms with Gasteiger partial charge < -0.3 is 9.67 Å². The van der Waals surface area contributed by atoms with Gasteiger partial charge >= 0.3 is 6.18 Å². The van der Waals surface area contributed by atoms with E-state index in [0.29, 0.717) is 5.56 Å². The summed E-state index contributed by atoms with van der Waals surface area (Å²) in [7, 11) is 0. The second kappa shape index (κ2) is 4.81. The first kappa shape index (κ1) is 12.6. The maximum Gasteiger partial charge on any atom is 0.416 e. The summed E-state index contributed by atoms with van der Waals surface area (Å²) in [5.41, 5.74) is -0.280. The highest BCUT2D eigenvalue weighted by atomic mass is 19.4. The minimum absolute atomic E-state index is 0.255. The number of alkyl halides is 3. The molecule has 0 saturated heterocycles. The standard InChI is InChI=1S/C12H11F3N2O/c13-12(14,15)10-3-1-9(2-4-10)11(18)7-17-6-5-16-8-17/h1-6,8,11,18H,7H2/t11-/m0/s1. The summed E-state index contributed by atoms with van der Waals surface area (Å²) in [6.45, 7) is 0.255. The fraction of sp³-hybridized carbons (Fsp3) is 0.250. The van der Waals surface area contributed by atoms with E-state index in [1.807, 2.05) is 0 Å². The number of nitrogens with zero attached hydrogens (tertiary/aromatic N) is 2. The van der Waals surface area contributed by atoms with Gasteiger partial charge in [-0.25, -0.2) is 4.98 Å². The third kappa shape index (κ3) is 2.89. The van der Waals surface area contributed by atoms with Crippen molar-refractivity contribution in [3.63, 3.8) is 0 Å². The van der Waals surface area contributed by atoms with Gasteiger partial charge in [-0.3, -0.25) is 0 Å². The van der Waals surface area contributed by atoms with Gasteiger partial charge in [-0.15, -0.1) is 0 Å². The zero-order chi connectivity index (χ0) is 13.2. The van der Waals surface area contributed by atoms with Crippen molar-refractivity contribution in [2.75, 3.05) is 0 Å². The van der Waals surface area contributed by atoms with Crippen LogP contribution in [0.3, 0.4) is 0 Å². The van der Waals surface area contributed by atoms with E-state index < -0.39 is 17.8 Å². The average Bonchev–Trinajstić information content (AvgIpc) is 2.81. The van der Waals surface area contributed by atoms with Gasteiger partial charge in [0.2, 0.25) is 0 Å². The van der Waals surface area contributed by atoms with Crippen molar-refractivity contribution >= 4 is 0 Å². The lowest BCUT2D eigenvalue weighted by Gasteiger charge is -2.13. The quantitative estimate of drug-likeness (QED) is 0.916. The van der Waals surface area contributed by atoms with Crippen molar-refractivity contribution in [1.29, 1.82) is 0 Å². The van der Waals surface area contributed by atoms with Crippen molar-refractivity contribution in [3.05, 3.63) is 54.1 Å². The van der Waals surface area contributed by atoms with Gasteiger partial charge in [0.05, 0.1) is 24.5 Å². The molecular weight excluding hydrogens is 245 g/mol. The van der Waals surface area contributed by atoms with Gasteiger partial charge in [0, 0.05) is 12.4 Å². The van der Waals surface area contributed by atoms with Gasteiger partial charge in [-0.05, 0) is 17.7 Å². The Morgan fingerprint density at radius 2 is 1.89 bits per heavy atom. The fourth-order valence-electron chi connectivity index (χ4n) is 1.59. The molecule has 0 aliphatic rings. The maximum absolute atomic E-state index is 12.4. The fourth-order valence-corrected chi connectivity index (χ4v) is 1.59. The summed E-state index contributed by atoms with van der Waals surface area (Å²) in [4.78, 5) is 3.82. The molecule has 18 heavy (non-hydrogen) atoms. The van der Waals surface area contributed by atoms with E-state index in [1.54, 1.807) is 17.0 Å². The average molecular weight is 256 g/mol. The summed E-state index contributed by atoms with van der Waals surface area (Å²) in [5, 5.41) is 9.86. The highest BCUT2D eigenvalue weighted by molar-refractivity contribution is 5.25. The molecule has 2 aromatic rings. The van der Waals surface area contributed by atoms with Gasteiger partial charge in [0.1, 0.15) is 0 Å². The lowest BCUT2D eigenvalue weighted by molar-refractivity contribution is -0.137. The minimum Gasteiger partial charge on any atom is -0.387 e. The van der Waals surface area contributed by atoms with Crippen LogP contribution < -0.4 is 0 Å². The van der Waals surface area contributed by atoms with E-state index in [0.717, 1.165) is 12.1 Å². The summed E-state index contributed by atoms with van der Waals surface area (Å²) in [6, 6.07) is 4.49. The molecule has 0 amide bonds. The molecule has 0 radical (unpaired) electrons. The van der Waals surface area contributed by atoms with Crippen LogP contribution in [0.1, 0.15) is 17.2 Å². The molecule has 1 atom stereocenters. The molecule has 0 aliphatic heterocycles. The molecule has 0 unspecified atom stereocenters. The summed E-state index contributed by atoms with van der Waals surface area (Å²) in [6.07, 6.45) is -0.435. The molecule has 0 bridgehead atoms. The number of rotatable bonds is 3. The molecule has 3 nitrogen and oxygen atoms in total. The van der Waals surface area contributed by atoms with Crippen molar-refractivity contribution in [2.24, 2.45) is 0 Å². The van der Waals surface area contributed by atoms with Crippen LogP contribution in [0.5, 0.6) is 0 Å². The van der Waals surface area contributed by atoms with Crippen LogP contribution in [0.4, 0.5) is 13.2 Å². The topological polar surface area (TPSA) is 38.0 Å². The van der Waals surface area contributed by atoms with E-state index in [4.69, 9.17) is 0 Å². The SMILES string of the molecule is O[C@@H](Cn1ccnc1)c1ccc(C(F)(F)F)cc1. The largest absolute Gasteiger partial charge is 0.416 e. The molecule has 1 heterocycles. The Morgan fingerprint density at radius 3 is 2.39 bits per heavy atom. The normalized spacial score (nSPS) is 13.6. The molecule has 2 rings (SSSR count). The summed E-state index contributed by atoms with van der Waals surface area (Å²) < 4.78 is 38.7. The summed E-state index contributed by atoms with van der Waals surface area (Å²) in [5.74, 6) is 0. The third-order valence-electron chi connectivity index (χ3n) is 2.57. The third-order valence-corrected chi connectivity index (χ3v) is 2.57. The second-order valence-corrected chi connectivity index (χ2v) is 3.90. The predicted octanol–water partition coefficient (Wildman–Crippen LogP) is 2.64. The van der Waals surface area contributed by atoms with Crippen LogP contribution in [-0.2, 0) is 12.7 Å². The molecule has 1 N–H and O–H groups in total. The summed E-state index contributed by atoms with van der Waals surface area (Å²) >= 11 is 0. The molecule has 6 heteroatoms. The number of aromatic nitrogens is 2. The molecule has 96 valence electrons. The van der Waals surface area contributed by atoms with Crippen LogP contribution in [0.2, 0.25) is 0 Å². The van der Waals surface area contributed by atoms with Crippen molar-refractivity contribution in [3.8, 4) is 0 Å². The Hall–Kier alpha value is -1.82. The lowest BCUT2D eigenvalue weighted by atomic mass is 10.1. The van der Waals surface area contributed by atoms with Crippen LogP contribution in [0, 0.1) is 0 Å². The number of benzene rings is 1. The zero-order valence-electron chi connectivity index (χ0n) is 9.30. The Morgan fingerprint density at radius 1 is 1.22 bits per heavy atom. The predicted molar refractivity (Wildman–Crippen MR) is 58.6 cm³/mol. The lowest BCUT2D eigenvalue weighted by Crippen LogP contribution is -2.09. The van der Waals surface area contributed by atoms with Crippen LogP contribution >= 0.6 is 0 Å². The number of aliphatic hydroxyl groups excluding tert-OH is 1. The van der Waals surface area contributed by atoms with Gasteiger partial charge in [0.15, 0.2) is 0 Å². The minimum atomic E-state index is -4.35. The number of imidazole rings is 1. The Balaban J connectivity index is 2.10. The molecule has 0 spiro atoms. The second-order valence-electron chi connectivity index (χ2n) is 3.90. The van der Waals surface area contributed by atoms with Gasteiger partial charge in [0.25, 0.3) is 0 Å². The van der Waals surface area contributed by atoms with E-state index in [-0.39, 0.29) is 6.54 Å². The Kier molecular flexibility index (Phi) is 3.38. The van der Waals surface area contributed by atoms with Crippen molar-refractivity contribution < 1.29 is 18.3 Å². The molecule has 1 aromatic heterocycles. The number of hydrogen-bond acceptors (Lipinski definition) is 2. The smallest absolute Gasteiger partial charge is 0.387 e. The highest BCUT2D eigenvalue weighted by Crippen LogP contribution is 2.30. The zero-order valence-corrected chi connectivity index (χ0v) is 9.30. The first-order valence-corrected chi connectivity index (χ1v) is 5.28. The van der Waals surface area contributed by atoms with Crippen LogP contribution in [-0.4, -0.2) is 14.7 Å². The van der Waals surface area contributed by atoms with Crippen LogP contribution in [0.15, 0.2) is 43.0 Å². The molecule has 1 aromatic carbocycles. The van der Waals surface area contributed by atoms with Crippen molar-refractivity contribution in [2.45, 2.75) is 18.8 Å². The highest BCUT2D eigenvalue weighted by Gasteiger charge is 2.30. The first-order chi connectivity index (χ1) is 8.47. The molecule has 0 saturated carbocycles. The maximum atomic E-state index is 12.4. The van der Waals surface area contributed by atoms with E-state index >= 15 is 0 Å². The van der Waals surface area contributed by atoms with E-state index in [9.17, 15) is 18.3 Å². The van der Waals surface area contributed by atoms with Gasteiger partial charge in [-0.1, -0.05) is 12.1 Å². The molecular formula is C12H11F3N2O. The van der Waals surface area contributed by atoms with Crippen molar-refractivity contribution in [1.82, 2.24) is 9.55 Å². The monoisotopic (exact) mass is 256 g/mol. The Bertz CT molecular complexity index is 491. The van der Waals surface area contributed by atoms with E-state index in [2.05, 4.69) is 4.98 Å². The van der Waals surface area contributed by atoms with Gasteiger partial charge in [-0.2, -0.15) is 13.2 Å². The van der Waals surface area contributed by atoms with Crippen LogP contribution in [0.25, 0.3) is 0 Å². The molecule has 0 fully saturated rings. The number of halogens is 3. The van der Waals surface area contributed by atoms with E-state index in [1.165, 1.54) is 18.5 Å². The number of hydrogen-bond donors (Lipinski definition) is 1. The first-order valence-electron chi connectivity index (χ1n) is 5.28. The Labute approximate surface area is 102 Å². The molecule has 0 aliphatic carbocycles.